The molecule has 6 nitrogen and oxygen atoms in total. The number of hydrogen-bond donors (Lipinski definition) is 2. The molecule has 0 saturated heterocycles. The first kappa shape index (κ1) is 14.7. The molecule has 0 aromatic heterocycles. The van der Waals surface area contributed by atoms with Gasteiger partial charge in [-0.1, -0.05) is 12.1 Å². The lowest BCUT2D eigenvalue weighted by atomic mass is 10.1. The third-order valence-electron chi connectivity index (χ3n) is 2.36. The van der Waals surface area contributed by atoms with Gasteiger partial charge in [-0.25, -0.2) is 0 Å². The third-order valence-corrected chi connectivity index (χ3v) is 2.36. The zero-order chi connectivity index (χ0) is 14.4. The molecule has 0 heterocycles. The van der Waals surface area contributed by atoms with Crippen LogP contribution in [0.25, 0.3) is 0 Å². The number of carbonyl (C=O) groups excluding carboxylic acids is 2. The quantitative estimate of drug-likeness (QED) is 0.744. The van der Waals surface area contributed by atoms with Gasteiger partial charge < -0.3 is 15.2 Å². The first-order chi connectivity index (χ1) is 8.90. The van der Waals surface area contributed by atoms with Crippen LogP contribution in [-0.4, -0.2) is 35.4 Å². The Kier molecular flexibility index (Phi) is 5.05. The lowest BCUT2D eigenvalue weighted by Gasteiger charge is -2.10. The average Bonchev–Trinajstić information content (AvgIpc) is 2.36. The van der Waals surface area contributed by atoms with E-state index in [1.807, 2.05) is 0 Å². The van der Waals surface area contributed by atoms with E-state index in [-0.39, 0.29) is 12.4 Å². The molecule has 0 aliphatic heterocycles. The van der Waals surface area contributed by atoms with E-state index < -0.39 is 17.9 Å². The van der Waals surface area contributed by atoms with Gasteiger partial charge in [0.25, 0.3) is 5.91 Å². The second-order valence-electron chi connectivity index (χ2n) is 4.00. The van der Waals surface area contributed by atoms with Crippen molar-refractivity contribution < 1.29 is 24.2 Å². The number of carboxylic acids is 1. The summed E-state index contributed by atoms with van der Waals surface area (Å²) < 4.78 is 5.18. The molecular weight excluding hydrogens is 250 g/mol. The normalized spacial score (nSPS) is 11.5. The number of rotatable bonds is 6. The number of carboxylic acid groups (broad SMARTS) is 1. The van der Waals surface area contributed by atoms with Gasteiger partial charge in [0.2, 0.25) is 0 Å². The van der Waals surface area contributed by atoms with E-state index in [4.69, 9.17) is 9.84 Å². The number of ether oxygens (including phenoxy) is 1. The fraction of sp³-hybridized carbons (Fsp3) is 0.308. The molecular formula is C13H15NO5. The molecule has 6 heteroatoms. The van der Waals surface area contributed by atoms with E-state index in [0.717, 1.165) is 0 Å². The standard InChI is InChI=1S/C13H15NO5/c1-8(13(17)18)14-12(16)7-19-11-5-3-4-10(6-11)9(2)15/h3-6,8H,7H2,1-2H3,(H,14,16)(H,17,18). The van der Waals surface area contributed by atoms with E-state index in [2.05, 4.69) is 5.32 Å². The molecule has 0 saturated carbocycles. The summed E-state index contributed by atoms with van der Waals surface area (Å²) in [5.41, 5.74) is 0.483. The summed E-state index contributed by atoms with van der Waals surface area (Å²) in [6.07, 6.45) is 0. The predicted molar refractivity (Wildman–Crippen MR) is 67.2 cm³/mol. The van der Waals surface area contributed by atoms with Crippen molar-refractivity contribution in [2.45, 2.75) is 19.9 Å². The highest BCUT2D eigenvalue weighted by atomic mass is 16.5. The monoisotopic (exact) mass is 265 g/mol. The fourth-order valence-electron chi connectivity index (χ4n) is 1.30. The van der Waals surface area contributed by atoms with E-state index >= 15 is 0 Å². The van der Waals surface area contributed by atoms with Crippen LogP contribution < -0.4 is 10.1 Å². The van der Waals surface area contributed by atoms with Crippen LogP contribution in [0.15, 0.2) is 24.3 Å². The summed E-state index contributed by atoms with van der Waals surface area (Å²) in [4.78, 5) is 33.1. The number of Topliss-reactive ketones (excluding diaryl/α,β-unsaturated/α-hetero) is 1. The Bertz CT molecular complexity index is 498. The summed E-state index contributed by atoms with van der Waals surface area (Å²) in [6, 6.07) is 5.45. The Balaban J connectivity index is 2.53. The van der Waals surface area contributed by atoms with Gasteiger partial charge in [-0.15, -0.1) is 0 Å². The minimum absolute atomic E-state index is 0.102. The summed E-state index contributed by atoms with van der Waals surface area (Å²) in [5.74, 6) is -1.38. The molecule has 19 heavy (non-hydrogen) atoms. The van der Waals surface area contributed by atoms with Crippen molar-refractivity contribution in [3.63, 3.8) is 0 Å². The van der Waals surface area contributed by atoms with Crippen LogP contribution >= 0.6 is 0 Å². The molecule has 0 radical (unpaired) electrons. The lowest BCUT2D eigenvalue weighted by Crippen LogP contribution is -2.40. The van der Waals surface area contributed by atoms with Gasteiger partial charge in [-0.3, -0.25) is 14.4 Å². The van der Waals surface area contributed by atoms with Crippen LogP contribution in [0.5, 0.6) is 5.75 Å². The van der Waals surface area contributed by atoms with Crippen molar-refractivity contribution in [3.8, 4) is 5.75 Å². The maximum atomic E-state index is 11.4. The Morgan fingerprint density at radius 1 is 1.37 bits per heavy atom. The van der Waals surface area contributed by atoms with Gasteiger partial charge in [0.1, 0.15) is 11.8 Å². The predicted octanol–water partition coefficient (Wildman–Crippen LogP) is 0.857. The van der Waals surface area contributed by atoms with Gasteiger partial charge in [-0.05, 0) is 26.0 Å². The van der Waals surface area contributed by atoms with Crippen molar-refractivity contribution in [1.82, 2.24) is 5.32 Å². The van der Waals surface area contributed by atoms with Gasteiger partial charge in [-0.2, -0.15) is 0 Å². The molecule has 0 spiro atoms. The Labute approximate surface area is 110 Å². The molecule has 0 bridgehead atoms. The third kappa shape index (κ3) is 4.79. The lowest BCUT2D eigenvalue weighted by molar-refractivity contribution is -0.141. The van der Waals surface area contributed by atoms with Gasteiger partial charge in [0, 0.05) is 5.56 Å². The molecule has 1 aromatic carbocycles. The minimum atomic E-state index is -1.12. The molecule has 102 valence electrons. The number of ketones is 1. The number of benzene rings is 1. The Morgan fingerprint density at radius 3 is 2.63 bits per heavy atom. The summed E-state index contributed by atoms with van der Waals surface area (Å²) >= 11 is 0. The van der Waals surface area contributed by atoms with Crippen LogP contribution in [0.4, 0.5) is 0 Å². The maximum absolute atomic E-state index is 11.4. The number of nitrogens with one attached hydrogen (secondary N) is 1. The average molecular weight is 265 g/mol. The molecule has 1 unspecified atom stereocenters. The molecule has 1 atom stereocenters. The number of amides is 1. The summed E-state index contributed by atoms with van der Waals surface area (Å²) in [6.45, 7) is 2.48. The van der Waals surface area contributed by atoms with Crippen LogP contribution in [0.1, 0.15) is 24.2 Å². The van der Waals surface area contributed by atoms with Crippen LogP contribution in [0.2, 0.25) is 0 Å². The largest absolute Gasteiger partial charge is 0.484 e. The van der Waals surface area contributed by atoms with Crippen molar-refractivity contribution >= 4 is 17.7 Å². The number of carbonyl (C=O) groups is 3. The number of hydrogen-bond acceptors (Lipinski definition) is 4. The highest BCUT2D eigenvalue weighted by molar-refractivity contribution is 5.94. The van der Waals surface area contributed by atoms with Gasteiger partial charge in [0.15, 0.2) is 12.4 Å². The molecule has 1 aromatic rings. The smallest absolute Gasteiger partial charge is 0.325 e. The maximum Gasteiger partial charge on any atom is 0.325 e. The van der Waals surface area contributed by atoms with Crippen LogP contribution in [-0.2, 0) is 9.59 Å². The highest BCUT2D eigenvalue weighted by Crippen LogP contribution is 2.13. The first-order valence-electron chi connectivity index (χ1n) is 5.66. The molecule has 0 aliphatic carbocycles. The molecule has 0 fully saturated rings. The van der Waals surface area contributed by atoms with E-state index in [9.17, 15) is 14.4 Å². The van der Waals surface area contributed by atoms with E-state index in [1.54, 1.807) is 18.2 Å². The topological polar surface area (TPSA) is 92.7 Å². The summed E-state index contributed by atoms with van der Waals surface area (Å²) in [7, 11) is 0. The molecule has 2 N–H and O–H groups in total. The zero-order valence-corrected chi connectivity index (χ0v) is 10.7. The second-order valence-corrected chi connectivity index (χ2v) is 4.00. The van der Waals surface area contributed by atoms with Gasteiger partial charge >= 0.3 is 5.97 Å². The van der Waals surface area contributed by atoms with Crippen LogP contribution in [0, 0.1) is 0 Å². The molecule has 1 amide bonds. The second kappa shape index (κ2) is 6.53. The van der Waals surface area contributed by atoms with Crippen LogP contribution in [0.3, 0.4) is 0 Å². The fourth-order valence-corrected chi connectivity index (χ4v) is 1.30. The van der Waals surface area contributed by atoms with E-state index in [0.29, 0.717) is 11.3 Å². The first-order valence-corrected chi connectivity index (χ1v) is 5.66. The molecule has 1 rings (SSSR count). The van der Waals surface area contributed by atoms with Crippen molar-refractivity contribution in [2.75, 3.05) is 6.61 Å². The van der Waals surface area contributed by atoms with Crippen molar-refractivity contribution in [1.29, 1.82) is 0 Å². The highest BCUT2D eigenvalue weighted by Gasteiger charge is 2.14. The van der Waals surface area contributed by atoms with Crippen molar-refractivity contribution in [3.05, 3.63) is 29.8 Å². The zero-order valence-electron chi connectivity index (χ0n) is 10.7. The Hall–Kier alpha value is -2.37. The summed E-state index contributed by atoms with van der Waals surface area (Å²) in [5, 5.41) is 10.9. The Morgan fingerprint density at radius 2 is 2.05 bits per heavy atom. The number of aliphatic carboxylic acids is 1. The minimum Gasteiger partial charge on any atom is -0.484 e. The van der Waals surface area contributed by atoms with E-state index in [1.165, 1.54) is 19.9 Å². The SMILES string of the molecule is CC(=O)c1cccc(OCC(=O)NC(C)C(=O)O)c1. The van der Waals surface area contributed by atoms with Crippen molar-refractivity contribution in [2.24, 2.45) is 0 Å². The molecule has 0 aliphatic rings. The van der Waals surface area contributed by atoms with Gasteiger partial charge in [0.05, 0.1) is 0 Å².